The maximum Gasteiger partial charge on any atom is 0.310 e. The SMILES string of the molecule is O=C(O)C(CCCCCCn1cnc2ccccc21)c1ccccc1-c1nn[nH]n1. The van der Waals surface area contributed by atoms with Crippen molar-refractivity contribution < 1.29 is 9.90 Å². The Morgan fingerprint density at radius 2 is 1.83 bits per heavy atom. The molecule has 2 heterocycles. The number of carbonyl (C=O) groups is 1. The van der Waals surface area contributed by atoms with E-state index in [0.29, 0.717) is 17.8 Å². The normalized spacial score (nSPS) is 12.3. The van der Waals surface area contributed by atoms with Crippen LogP contribution in [0.15, 0.2) is 54.9 Å². The topological polar surface area (TPSA) is 110 Å². The zero-order valence-electron chi connectivity index (χ0n) is 16.6. The van der Waals surface area contributed by atoms with Crippen LogP contribution in [0, 0.1) is 0 Å². The van der Waals surface area contributed by atoms with Crippen molar-refractivity contribution >= 4 is 17.0 Å². The van der Waals surface area contributed by atoms with Gasteiger partial charge in [-0.25, -0.2) is 4.98 Å². The minimum Gasteiger partial charge on any atom is -0.481 e. The first-order chi connectivity index (χ1) is 14.7. The first kappa shape index (κ1) is 19.8. The van der Waals surface area contributed by atoms with Crippen molar-refractivity contribution in [3.8, 4) is 11.4 Å². The number of aromatic nitrogens is 6. The molecule has 0 fully saturated rings. The highest BCUT2D eigenvalue weighted by atomic mass is 16.4. The van der Waals surface area contributed by atoms with Gasteiger partial charge in [-0.15, -0.1) is 10.2 Å². The maximum absolute atomic E-state index is 11.9. The number of rotatable bonds is 10. The third kappa shape index (κ3) is 4.37. The summed E-state index contributed by atoms with van der Waals surface area (Å²) in [6.07, 6.45) is 6.39. The van der Waals surface area contributed by atoms with E-state index in [2.05, 4.69) is 36.2 Å². The highest BCUT2D eigenvalue weighted by Crippen LogP contribution is 2.30. The van der Waals surface area contributed by atoms with Gasteiger partial charge in [-0.3, -0.25) is 4.79 Å². The molecule has 0 radical (unpaired) electrons. The van der Waals surface area contributed by atoms with Crippen LogP contribution in [0.2, 0.25) is 0 Å². The number of hydrogen-bond donors (Lipinski definition) is 2. The number of carboxylic acid groups (broad SMARTS) is 1. The Kier molecular flexibility index (Phi) is 6.12. The Labute approximate surface area is 174 Å². The van der Waals surface area contributed by atoms with Crippen LogP contribution in [-0.4, -0.2) is 41.3 Å². The lowest BCUT2D eigenvalue weighted by molar-refractivity contribution is -0.139. The highest BCUT2D eigenvalue weighted by molar-refractivity contribution is 5.79. The molecule has 8 heteroatoms. The number of aliphatic carboxylic acids is 1. The molecule has 8 nitrogen and oxygen atoms in total. The fourth-order valence-corrected chi connectivity index (χ4v) is 3.87. The van der Waals surface area contributed by atoms with Crippen LogP contribution in [0.3, 0.4) is 0 Å². The summed E-state index contributed by atoms with van der Waals surface area (Å²) in [6, 6.07) is 15.5. The molecule has 0 aliphatic carbocycles. The van der Waals surface area contributed by atoms with E-state index in [9.17, 15) is 9.90 Å². The summed E-state index contributed by atoms with van der Waals surface area (Å²) in [6.45, 7) is 0.920. The summed E-state index contributed by atoms with van der Waals surface area (Å²) in [4.78, 5) is 16.4. The van der Waals surface area contributed by atoms with Crippen LogP contribution in [0.1, 0.15) is 43.6 Å². The summed E-state index contributed by atoms with van der Waals surface area (Å²) in [5.74, 6) is -0.988. The number of H-pyrrole nitrogens is 1. The summed E-state index contributed by atoms with van der Waals surface area (Å²) < 4.78 is 2.18. The van der Waals surface area contributed by atoms with Crippen molar-refractivity contribution in [1.29, 1.82) is 0 Å². The zero-order valence-corrected chi connectivity index (χ0v) is 16.6. The Bertz CT molecular complexity index is 1110. The molecule has 0 bridgehead atoms. The van der Waals surface area contributed by atoms with Crippen molar-refractivity contribution in [2.24, 2.45) is 0 Å². The predicted molar refractivity (Wildman–Crippen MR) is 113 cm³/mol. The predicted octanol–water partition coefficient (Wildman–Crippen LogP) is 4.04. The van der Waals surface area contributed by atoms with E-state index in [1.54, 1.807) is 0 Å². The van der Waals surface area contributed by atoms with E-state index in [4.69, 9.17) is 0 Å². The van der Waals surface area contributed by atoms with E-state index < -0.39 is 11.9 Å². The molecule has 0 saturated heterocycles. The molecule has 2 aromatic heterocycles. The van der Waals surface area contributed by atoms with Gasteiger partial charge in [0.05, 0.1) is 23.3 Å². The number of para-hydroxylation sites is 2. The number of nitrogens with one attached hydrogen (secondary N) is 1. The fraction of sp³-hybridized carbons (Fsp3) is 0.318. The summed E-state index contributed by atoms with van der Waals surface area (Å²) in [5.41, 5.74) is 3.62. The molecule has 4 rings (SSSR count). The van der Waals surface area contributed by atoms with E-state index in [-0.39, 0.29) is 0 Å². The fourth-order valence-electron chi connectivity index (χ4n) is 3.87. The van der Waals surface area contributed by atoms with Crippen molar-refractivity contribution in [3.05, 3.63) is 60.4 Å². The second-order valence-corrected chi connectivity index (χ2v) is 7.34. The van der Waals surface area contributed by atoms with Crippen LogP contribution in [-0.2, 0) is 11.3 Å². The van der Waals surface area contributed by atoms with Crippen LogP contribution >= 0.6 is 0 Å². The number of imidazole rings is 1. The average molecular weight is 404 g/mol. The van der Waals surface area contributed by atoms with Gasteiger partial charge in [-0.2, -0.15) is 5.21 Å². The van der Waals surface area contributed by atoms with Crippen LogP contribution < -0.4 is 0 Å². The van der Waals surface area contributed by atoms with E-state index >= 15 is 0 Å². The third-order valence-corrected chi connectivity index (χ3v) is 5.39. The molecule has 0 aliphatic heterocycles. The molecule has 0 aliphatic rings. The minimum absolute atomic E-state index is 0.421. The first-order valence-corrected chi connectivity index (χ1v) is 10.2. The van der Waals surface area contributed by atoms with Gasteiger partial charge in [0.25, 0.3) is 0 Å². The van der Waals surface area contributed by atoms with Gasteiger partial charge in [0.1, 0.15) is 0 Å². The standard InChI is InChI=1S/C22H24N6O2/c29-22(30)18(16-9-4-5-10-17(16)21-24-26-27-25-21)11-3-1-2-8-14-28-15-23-19-12-6-7-13-20(19)28/h4-7,9-10,12-13,15,18H,1-3,8,11,14H2,(H,29,30)(H,24,25,26,27). The van der Waals surface area contributed by atoms with Crippen LogP contribution in [0.5, 0.6) is 0 Å². The summed E-state index contributed by atoms with van der Waals surface area (Å²) in [7, 11) is 0. The highest BCUT2D eigenvalue weighted by Gasteiger charge is 2.23. The van der Waals surface area contributed by atoms with Gasteiger partial charge in [0, 0.05) is 12.1 Å². The third-order valence-electron chi connectivity index (χ3n) is 5.39. The monoisotopic (exact) mass is 404 g/mol. The van der Waals surface area contributed by atoms with E-state index in [1.165, 1.54) is 0 Å². The summed E-state index contributed by atoms with van der Waals surface area (Å²) >= 11 is 0. The Morgan fingerprint density at radius 1 is 1.03 bits per heavy atom. The molecule has 154 valence electrons. The van der Waals surface area contributed by atoms with Crippen molar-refractivity contribution in [2.45, 2.75) is 44.6 Å². The van der Waals surface area contributed by atoms with Gasteiger partial charge in [0.2, 0.25) is 5.82 Å². The smallest absolute Gasteiger partial charge is 0.310 e. The molecule has 0 spiro atoms. The van der Waals surface area contributed by atoms with Crippen LogP contribution in [0.4, 0.5) is 0 Å². The lowest BCUT2D eigenvalue weighted by Gasteiger charge is -2.15. The van der Waals surface area contributed by atoms with Crippen molar-refractivity contribution in [3.63, 3.8) is 0 Å². The average Bonchev–Trinajstić information content (AvgIpc) is 3.43. The number of fused-ring (bicyclic) bond motifs is 1. The number of carboxylic acids is 1. The number of nitrogens with zero attached hydrogens (tertiary/aromatic N) is 5. The first-order valence-electron chi connectivity index (χ1n) is 10.2. The number of tetrazole rings is 1. The minimum atomic E-state index is -0.823. The zero-order chi connectivity index (χ0) is 20.8. The molecule has 1 unspecified atom stereocenters. The molecule has 0 amide bonds. The molecule has 30 heavy (non-hydrogen) atoms. The quantitative estimate of drug-likeness (QED) is 0.386. The largest absolute Gasteiger partial charge is 0.481 e. The van der Waals surface area contributed by atoms with Gasteiger partial charge in [-0.05, 0) is 35.8 Å². The van der Waals surface area contributed by atoms with E-state index in [0.717, 1.165) is 48.8 Å². The number of aromatic amines is 1. The lowest BCUT2D eigenvalue weighted by atomic mass is 9.89. The van der Waals surface area contributed by atoms with Crippen LogP contribution in [0.25, 0.3) is 22.4 Å². The second-order valence-electron chi connectivity index (χ2n) is 7.34. The van der Waals surface area contributed by atoms with E-state index in [1.807, 2.05) is 48.8 Å². The Balaban J connectivity index is 1.31. The van der Waals surface area contributed by atoms with Gasteiger partial charge < -0.3 is 9.67 Å². The Hall–Kier alpha value is -3.55. The second kappa shape index (κ2) is 9.30. The van der Waals surface area contributed by atoms with Gasteiger partial charge in [0.15, 0.2) is 0 Å². The molecule has 2 aromatic carbocycles. The molecule has 1 atom stereocenters. The molecular formula is C22H24N6O2. The summed E-state index contributed by atoms with van der Waals surface area (Å²) in [5, 5.41) is 23.8. The number of benzene rings is 2. The molecule has 2 N–H and O–H groups in total. The number of hydrogen-bond acceptors (Lipinski definition) is 5. The molecular weight excluding hydrogens is 380 g/mol. The van der Waals surface area contributed by atoms with Gasteiger partial charge >= 0.3 is 5.97 Å². The lowest BCUT2D eigenvalue weighted by Crippen LogP contribution is -2.13. The van der Waals surface area contributed by atoms with Crippen molar-refractivity contribution in [2.75, 3.05) is 0 Å². The number of unbranched alkanes of at least 4 members (excludes halogenated alkanes) is 3. The molecule has 4 aromatic rings. The van der Waals surface area contributed by atoms with Crippen molar-refractivity contribution in [1.82, 2.24) is 30.2 Å². The number of aryl methyl sites for hydroxylation is 1. The Morgan fingerprint density at radius 3 is 2.67 bits per heavy atom. The maximum atomic E-state index is 11.9. The molecule has 0 saturated carbocycles. The van der Waals surface area contributed by atoms with Gasteiger partial charge in [-0.1, -0.05) is 55.7 Å².